The Labute approximate surface area is 120 Å². The van der Waals surface area contributed by atoms with Crippen LogP contribution in [0.4, 0.5) is 13.2 Å². The van der Waals surface area contributed by atoms with Crippen molar-refractivity contribution in [1.29, 1.82) is 0 Å². The Morgan fingerprint density at radius 2 is 1.89 bits per heavy atom. The van der Waals surface area contributed by atoms with Crippen LogP contribution in [0.2, 0.25) is 0 Å². The maximum atomic E-state index is 12.3. The van der Waals surface area contributed by atoms with Crippen LogP contribution in [0.3, 0.4) is 0 Å². The smallest absolute Gasteiger partial charge is 0.405 e. The van der Waals surface area contributed by atoms with E-state index in [4.69, 9.17) is 5.73 Å². The summed E-state index contributed by atoms with van der Waals surface area (Å²) in [6.45, 7) is 0. The summed E-state index contributed by atoms with van der Waals surface area (Å²) in [6, 6.07) is 7.00. The minimum atomic E-state index is -4.73. The van der Waals surface area contributed by atoms with Crippen molar-refractivity contribution in [3.8, 4) is 5.75 Å². The molecule has 0 fully saturated rings. The van der Waals surface area contributed by atoms with Gasteiger partial charge in [-0.15, -0.1) is 24.5 Å². The van der Waals surface area contributed by atoms with Gasteiger partial charge < -0.3 is 10.5 Å². The van der Waals surface area contributed by atoms with Gasteiger partial charge >= 0.3 is 6.36 Å². The first-order chi connectivity index (χ1) is 8.88. The summed E-state index contributed by atoms with van der Waals surface area (Å²) in [5, 5.41) is 1.81. The van der Waals surface area contributed by atoms with Crippen LogP contribution in [0.5, 0.6) is 5.75 Å². The highest BCUT2D eigenvalue weighted by Crippen LogP contribution is 2.36. The Morgan fingerprint density at radius 1 is 1.21 bits per heavy atom. The van der Waals surface area contributed by atoms with Gasteiger partial charge in [-0.05, 0) is 33.4 Å². The molecule has 1 unspecified atom stereocenters. The fourth-order valence-corrected chi connectivity index (χ4v) is 3.26. The molecule has 2 rings (SSSR count). The number of para-hydroxylation sites is 1. The van der Waals surface area contributed by atoms with Crippen LogP contribution in [0.15, 0.2) is 40.2 Å². The zero-order valence-electron chi connectivity index (χ0n) is 9.45. The molecule has 1 atom stereocenters. The lowest BCUT2D eigenvalue weighted by Crippen LogP contribution is -2.20. The van der Waals surface area contributed by atoms with Crippen LogP contribution in [-0.4, -0.2) is 6.36 Å². The molecular formula is C12H9BrF3NOS. The van der Waals surface area contributed by atoms with Crippen molar-refractivity contribution < 1.29 is 17.9 Å². The second-order valence-electron chi connectivity index (χ2n) is 3.70. The topological polar surface area (TPSA) is 35.2 Å². The van der Waals surface area contributed by atoms with Crippen LogP contribution >= 0.6 is 27.3 Å². The van der Waals surface area contributed by atoms with E-state index >= 15 is 0 Å². The number of thiophene rings is 1. The van der Waals surface area contributed by atoms with Gasteiger partial charge in [0, 0.05) is 14.9 Å². The molecule has 19 heavy (non-hydrogen) atoms. The normalized spacial score (nSPS) is 13.3. The molecule has 2 nitrogen and oxygen atoms in total. The monoisotopic (exact) mass is 351 g/mol. The van der Waals surface area contributed by atoms with Gasteiger partial charge in [-0.25, -0.2) is 0 Å². The van der Waals surface area contributed by atoms with Crippen molar-refractivity contribution in [3.05, 3.63) is 50.6 Å². The van der Waals surface area contributed by atoms with E-state index in [9.17, 15) is 13.2 Å². The Morgan fingerprint density at radius 3 is 2.47 bits per heavy atom. The number of halogens is 4. The van der Waals surface area contributed by atoms with Crippen LogP contribution in [0, 0.1) is 0 Å². The summed E-state index contributed by atoms with van der Waals surface area (Å²) in [5.41, 5.74) is 6.31. The Hall–Kier alpha value is -1.05. The second kappa shape index (κ2) is 5.52. The molecular weight excluding hydrogens is 343 g/mol. The van der Waals surface area contributed by atoms with Gasteiger partial charge in [-0.1, -0.05) is 18.2 Å². The van der Waals surface area contributed by atoms with Gasteiger partial charge in [-0.2, -0.15) is 0 Å². The molecule has 102 valence electrons. The molecule has 1 aromatic carbocycles. The number of nitrogens with two attached hydrogens (primary N) is 1. The first kappa shape index (κ1) is 14.4. The lowest BCUT2D eigenvalue weighted by Gasteiger charge is -2.17. The molecule has 2 aromatic rings. The second-order valence-corrected chi connectivity index (χ2v) is 5.50. The predicted molar refractivity (Wildman–Crippen MR) is 71.2 cm³/mol. The van der Waals surface area contributed by atoms with Crippen molar-refractivity contribution in [2.45, 2.75) is 12.4 Å². The quantitative estimate of drug-likeness (QED) is 0.885. The molecule has 2 N–H and O–H groups in total. The van der Waals surface area contributed by atoms with Crippen molar-refractivity contribution in [2.75, 3.05) is 0 Å². The van der Waals surface area contributed by atoms with Crippen molar-refractivity contribution >= 4 is 27.3 Å². The predicted octanol–water partition coefficient (Wildman–Crippen LogP) is 4.46. The highest BCUT2D eigenvalue weighted by molar-refractivity contribution is 9.10. The molecule has 0 saturated heterocycles. The fraction of sp³-hybridized carbons (Fsp3) is 0.167. The third kappa shape index (κ3) is 3.49. The Bertz CT molecular complexity index is 570. The standard InChI is InChI=1S/C12H9BrF3NOS/c13-8-5-6-19-11(8)10(17)7-3-1-2-4-9(7)18-12(14,15)16/h1-6,10H,17H2. The SMILES string of the molecule is NC(c1ccccc1OC(F)(F)F)c1sccc1Br. The maximum absolute atomic E-state index is 12.3. The van der Waals surface area contributed by atoms with Crippen molar-refractivity contribution in [1.82, 2.24) is 0 Å². The van der Waals surface area contributed by atoms with E-state index in [2.05, 4.69) is 20.7 Å². The largest absolute Gasteiger partial charge is 0.573 e. The zero-order chi connectivity index (χ0) is 14.0. The lowest BCUT2D eigenvalue weighted by atomic mass is 10.1. The van der Waals surface area contributed by atoms with E-state index in [0.29, 0.717) is 5.56 Å². The Balaban J connectivity index is 2.37. The molecule has 7 heteroatoms. The molecule has 1 aromatic heterocycles. The molecule has 0 saturated carbocycles. The van der Waals surface area contributed by atoms with Gasteiger partial charge in [-0.3, -0.25) is 0 Å². The fourth-order valence-electron chi connectivity index (χ4n) is 1.62. The number of rotatable bonds is 3. The summed E-state index contributed by atoms with van der Waals surface area (Å²) in [5.74, 6) is -0.275. The molecule has 1 heterocycles. The summed E-state index contributed by atoms with van der Waals surface area (Å²) >= 11 is 4.69. The third-order valence-corrected chi connectivity index (χ3v) is 4.36. The zero-order valence-corrected chi connectivity index (χ0v) is 11.8. The van der Waals surface area contributed by atoms with E-state index in [1.807, 2.05) is 5.38 Å². The molecule has 0 aliphatic rings. The molecule has 0 radical (unpaired) electrons. The van der Waals surface area contributed by atoms with Crippen molar-refractivity contribution in [2.24, 2.45) is 5.73 Å². The maximum Gasteiger partial charge on any atom is 0.573 e. The molecule has 0 aliphatic carbocycles. The Kier molecular flexibility index (Phi) is 4.17. The lowest BCUT2D eigenvalue weighted by molar-refractivity contribution is -0.274. The summed E-state index contributed by atoms with van der Waals surface area (Å²) < 4.78 is 41.8. The summed E-state index contributed by atoms with van der Waals surface area (Å²) in [7, 11) is 0. The third-order valence-electron chi connectivity index (χ3n) is 2.41. The first-order valence-corrected chi connectivity index (χ1v) is 6.89. The van der Waals surface area contributed by atoms with Gasteiger partial charge in [0.15, 0.2) is 0 Å². The molecule has 0 amide bonds. The van der Waals surface area contributed by atoms with E-state index in [1.54, 1.807) is 12.1 Å². The molecule has 0 spiro atoms. The van der Waals surface area contributed by atoms with Gasteiger partial charge in [0.1, 0.15) is 5.75 Å². The minimum Gasteiger partial charge on any atom is -0.405 e. The van der Waals surface area contributed by atoms with Gasteiger partial charge in [0.2, 0.25) is 0 Å². The number of alkyl halides is 3. The summed E-state index contributed by atoms with van der Waals surface area (Å²) in [6.07, 6.45) is -4.73. The molecule has 0 bridgehead atoms. The van der Waals surface area contributed by atoms with E-state index in [-0.39, 0.29) is 5.75 Å². The average Bonchev–Trinajstić information content (AvgIpc) is 2.73. The number of hydrogen-bond donors (Lipinski definition) is 1. The minimum absolute atomic E-state index is 0.275. The van der Waals surface area contributed by atoms with Crippen LogP contribution in [-0.2, 0) is 0 Å². The highest BCUT2D eigenvalue weighted by atomic mass is 79.9. The van der Waals surface area contributed by atoms with E-state index < -0.39 is 12.4 Å². The number of hydrogen-bond acceptors (Lipinski definition) is 3. The van der Waals surface area contributed by atoms with Crippen molar-refractivity contribution in [3.63, 3.8) is 0 Å². The van der Waals surface area contributed by atoms with Gasteiger partial charge in [0.25, 0.3) is 0 Å². The van der Waals surface area contributed by atoms with E-state index in [0.717, 1.165) is 9.35 Å². The van der Waals surface area contributed by atoms with Gasteiger partial charge in [0.05, 0.1) is 6.04 Å². The van der Waals surface area contributed by atoms with Crippen LogP contribution < -0.4 is 10.5 Å². The molecule has 0 aliphatic heterocycles. The summed E-state index contributed by atoms with van der Waals surface area (Å²) in [4.78, 5) is 0.748. The van der Waals surface area contributed by atoms with Crippen LogP contribution in [0.1, 0.15) is 16.5 Å². The first-order valence-electron chi connectivity index (χ1n) is 5.21. The van der Waals surface area contributed by atoms with Crippen LogP contribution in [0.25, 0.3) is 0 Å². The highest BCUT2D eigenvalue weighted by Gasteiger charge is 2.33. The number of ether oxygens (including phenoxy) is 1. The van der Waals surface area contributed by atoms with E-state index in [1.165, 1.54) is 29.5 Å². The number of benzene rings is 1. The average molecular weight is 352 g/mol.